The van der Waals surface area contributed by atoms with Crippen molar-refractivity contribution in [1.29, 1.82) is 0 Å². The Kier molecular flexibility index (Phi) is 10.8. The van der Waals surface area contributed by atoms with Gasteiger partial charge in [-0.05, 0) is 20.8 Å². The molecule has 170 valence electrons. The molecule has 0 aliphatic carbocycles. The van der Waals surface area contributed by atoms with Crippen LogP contribution in [0.25, 0.3) is 0 Å². The fourth-order valence-corrected chi connectivity index (χ4v) is 3.07. The average molecular weight is 431 g/mol. The third-order valence-corrected chi connectivity index (χ3v) is 4.21. The molecule has 2 N–H and O–H groups in total. The Hall–Kier alpha value is -2.73. The summed E-state index contributed by atoms with van der Waals surface area (Å²) in [5, 5.41) is 0. The van der Waals surface area contributed by atoms with Crippen molar-refractivity contribution in [3.63, 3.8) is 0 Å². The first-order chi connectivity index (χ1) is 14.2. The summed E-state index contributed by atoms with van der Waals surface area (Å²) in [5.74, 6) is -3.82. The normalized spacial score (nSPS) is 19.6. The van der Waals surface area contributed by atoms with Crippen LogP contribution >= 0.6 is 0 Å². The number of nitrogens with two attached hydrogens (primary N) is 1. The summed E-state index contributed by atoms with van der Waals surface area (Å²) < 4.78 is 19.5. The van der Waals surface area contributed by atoms with Crippen LogP contribution in [0.3, 0.4) is 0 Å². The molecule has 0 saturated carbocycles. The van der Waals surface area contributed by atoms with Crippen LogP contribution in [-0.2, 0) is 42.9 Å². The van der Waals surface area contributed by atoms with Crippen LogP contribution in [0.1, 0.15) is 20.8 Å². The second-order valence-corrected chi connectivity index (χ2v) is 6.26. The fraction of sp³-hybridized carbons (Fsp3) is 0.722. The summed E-state index contributed by atoms with van der Waals surface area (Å²) in [7, 11) is 0. The summed E-state index contributed by atoms with van der Waals surface area (Å²) in [4.78, 5) is 63.1. The number of nitrogens with zero attached hydrogens (tertiary/aromatic N) is 2. The Morgan fingerprint density at radius 1 is 0.733 bits per heavy atom. The van der Waals surface area contributed by atoms with E-state index in [1.165, 1.54) is 9.80 Å². The molecule has 0 radical (unpaired) electrons. The van der Waals surface area contributed by atoms with Gasteiger partial charge < -0.3 is 24.7 Å². The van der Waals surface area contributed by atoms with Gasteiger partial charge in [0.25, 0.3) is 0 Å². The molecule has 30 heavy (non-hydrogen) atoms. The molecule has 12 nitrogen and oxygen atoms in total. The van der Waals surface area contributed by atoms with Gasteiger partial charge in [0, 0.05) is 13.1 Å². The maximum Gasteiger partial charge on any atom is 0.344 e. The number of amides is 1. The van der Waals surface area contributed by atoms with Crippen molar-refractivity contribution in [2.45, 2.75) is 32.9 Å². The fourth-order valence-electron chi connectivity index (χ4n) is 3.07. The van der Waals surface area contributed by atoms with E-state index in [-0.39, 0.29) is 46.0 Å². The van der Waals surface area contributed by atoms with Crippen LogP contribution in [0.2, 0.25) is 0 Å². The van der Waals surface area contributed by atoms with E-state index in [0.717, 1.165) is 0 Å². The number of piperazine rings is 1. The van der Waals surface area contributed by atoms with Gasteiger partial charge in [0.2, 0.25) is 5.91 Å². The molecule has 0 bridgehead atoms. The van der Waals surface area contributed by atoms with E-state index < -0.39 is 48.5 Å². The third-order valence-electron chi connectivity index (χ3n) is 4.21. The summed E-state index contributed by atoms with van der Waals surface area (Å²) in [6, 6.07) is -2.61. The molecule has 0 spiro atoms. The van der Waals surface area contributed by atoms with Crippen molar-refractivity contribution < 1.29 is 42.9 Å². The minimum absolute atomic E-state index is 0.103. The SMILES string of the molecule is CCOC(=O)COC(=O)[C@@H]1[C@H](C(N)=O)N(CC(=O)OCC)CCN1CC(=O)OCC. The van der Waals surface area contributed by atoms with Gasteiger partial charge in [-0.3, -0.25) is 29.0 Å². The predicted octanol–water partition coefficient (Wildman–Crippen LogP) is -1.94. The molecule has 2 atom stereocenters. The molecule has 1 heterocycles. The number of hydrogen-bond donors (Lipinski definition) is 1. The molecule has 0 aromatic rings. The highest BCUT2D eigenvalue weighted by Crippen LogP contribution is 2.19. The number of rotatable bonds is 11. The van der Waals surface area contributed by atoms with E-state index in [1.807, 2.05) is 0 Å². The van der Waals surface area contributed by atoms with E-state index >= 15 is 0 Å². The highest BCUT2D eigenvalue weighted by molar-refractivity contribution is 5.91. The second kappa shape index (κ2) is 12.8. The third kappa shape index (κ3) is 7.59. The van der Waals surface area contributed by atoms with Gasteiger partial charge in [-0.15, -0.1) is 0 Å². The van der Waals surface area contributed by atoms with Gasteiger partial charge in [0.05, 0.1) is 32.9 Å². The summed E-state index contributed by atoms with van der Waals surface area (Å²) in [6.45, 7) is 4.30. The maximum atomic E-state index is 12.8. The van der Waals surface area contributed by atoms with Gasteiger partial charge in [-0.25, -0.2) is 4.79 Å². The zero-order valence-electron chi connectivity index (χ0n) is 17.5. The number of carbonyl (C=O) groups is 5. The minimum atomic E-state index is -1.33. The molecular formula is C18H29N3O9. The lowest BCUT2D eigenvalue weighted by molar-refractivity contribution is -0.169. The Bertz CT molecular complexity index is 640. The zero-order chi connectivity index (χ0) is 22.7. The first kappa shape index (κ1) is 25.3. The van der Waals surface area contributed by atoms with E-state index in [0.29, 0.717) is 0 Å². The van der Waals surface area contributed by atoms with Crippen molar-refractivity contribution in [2.24, 2.45) is 5.73 Å². The van der Waals surface area contributed by atoms with Crippen LogP contribution in [-0.4, -0.2) is 104 Å². The molecular weight excluding hydrogens is 402 g/mol. The van der Waals surface area contributed by atoms with Gasteiger partial charge in [-0.2, -0.15) is 0 Å². The molecule has 1 aliphatic heterocycles. The van der Waals surface area contributed by atoms with Gasteiger partial charge in [0.15, 0.2) is 6.61 Å². The average Bonchev–Trinajstić information content (AvgIpc) is 2.67. The molecule has 1 rings (SSSR count). The predicted molar refractivity (Wildman–Crippen MR) is 101 cm³/mol. The van der Waals surface area contributed by atoms with Crippen LogP contribution < -0.4 is 5.73 Å². The van der Waals surface area contributed by atoms with E-state index in [4.69, 9.17) is 24.7 Å². The van der Waals surface area contributed by atoms with Crippen LogP contribution in [0.5, 0.6) is 0 Å². The molecule has 12 heteroatoms. The monoisotopic (exact) mass is 431 g/mol. The minimum Gasteiger partial charge on any atom is -0.465 e. The lowest BCUT2D eigenvalue weighted by Gasteiger charge is -2.43. The van der Waals surface area contributed by atoms with Crippen molar-refractivity contribution in [2.75, 3.05) is 52.6 Å². The van der Waals surface area contributed by atoms with E-state index in [2.05, 4.69) is 0 Å². The van der Waals surface area contributed by atoms with Gasteiger partial charge in [0.1, 0.15) is 12.1 Å². The largest absolute Gasteiger partial charge is 0.465 e. The molecule has 1 fully saturated rings. The first-order valence-corrected chi connectivity index (χ1v) is 9.65. The quantitative estimate of drug-likeness (QED) is 0.287. The van der Waals surface area contributed by atoms with Crippen molar-refractivity contribution in [3.05, 3.63) is 0 Å². The van der Waals surface area contributed by atoms with E-state index in [1.54, 1.807) is 20.8 Å². The van der Waals surface area contributed by atoms with Gasteiger partial charge in [-0.1, -0.05) is 0 Å². The van der Waals surface area contributed by atoms with Crippen molar-refractivity contribution in [1.82, 2.24) is 9.80 Å². The maximum absolute atomic E-state index is 12.8. The Morgan fingerprint density at radius 2 is 1.17 bits per heavy atom. The number of hydrogen-bond acceptors (Lipinski definition) is 11. The molecule has 1 saturated heterocycles. The number of esters is 4. The Labute approximate surface area is 174 Å². The zero-order valence-corrected chi connectivity index (χ0v) is 17.5. The topological polar surface area (TPSA) is 155 Å². The van der Waals surface area contributed by atoms with Crippen LogP contribution in [0, 0.1) is 0 Å². The van der Waals surface area contributed by atoms with Gasteiger partial charge >= 0.3 is 23.9 Å². The molecule has 0 aromatic heterocycles. The summed E-state index contributed by atoms with van der Waals surface area (Å²) >= 11 is 0. The van der Waals surface area contributed by atoms with E-state index in [9.17, 15) is 24.0 Å². The second-order valence-electron chi connectivity index (χ2n) is 6.26. The number of ether oxygens (including phenoxy) is 4. The highest BCUT2D eigenvalue weighted by atomic mass is 16.6. The highest BCUT2D eigenvalue weighted by Gasteiger charge is 2.46. The smallest absolute Gasteiger partial charge is 0.344 e. The Balaban J connectivity index is 3.08. The number of primary amides is 1. The molecule has 1 amide bonds. The lowest BCUT2D eigenvalue weighted by Crippen LogP contribution is -2.68. The first-order valence-electron chi connectivity index (χ1n) is 9.65. The molecule has 1 aliphatic rings. The number of carbonyl (C=O) groups excluding carboxylic acids is 5. The summed E-state index contributed by atoms with van der Waals surface area (Å²) in [6.07, 6.45) is 0. The van der Waals surface area contributed by atoms with Crippen LogP contribution in [0.15, 0.2) is 0 Å². The molecule has 0 aromatic carbocycles. The standard InChI is InChI=1S/C18H29N3O9/c1-4-27-12(22)9-20-7-8-21(10-13(23)28-5-2)16(15(20)17(19)25)18(26)30-11-14(24)29-6-3/h15-16H,4-11H2,1-3H3,(H2,19,25)/t15-,16+/m1/s1. The molecule has 0 unspecified atom stereocenters. The summed E-state index contributed by atoms with van der Waals surface area (Å²) in [5.41, 5.74) is 5.52. The van der Waals surface area contributed by atoms with Crippen molar-refractivity contribution in [3.8, 4) is 0 Å². The van der Waals surface area contributed by atoms with Crippen LogP contribution in [0.4, 0.5) is 0 Å². The van der Waals surface area contributed by atoms with Crippen molar-refractivity contribution >= 4 is 29.8 Å². The lowest BCUT2D eigenvalue weighted by atomic mass is 10.00. The Morgan fingerprint density at radius 3 is 1.60 bits per heavy atom.